The number of rotatable bonds is 7. The summed E-state index contributed by atoms with van der Waals surface area (Å²) in [6.07, 6.45) is 2.37. The normalized spacial score (nSPS) is 14.5. The maximum Gasteiger partial charge on any atom is 0.339 e. The Bertz CT molecular complexity index is 979. The number of esters is 1. The number of amides is 1. The Morgan fingerprint density at radius 1 is 1.19 bits per heavy atom. The molecular formula is C22H27N5O5. The molecule has 0 atom stereocenters. The molecule has 1 amide bonds. The van der Waals surface area contributed by atoms with Crippen LogP contribution in [0.5, 0.6) is 0 Å². The van der Waals surface area contributed by atoms with Crippen molar-refractivity contribution in [2.75, 3.05) is 49.5 Å². The first kappa shape index (κ1) is 23.1. The van der Waals surface area contributed by atoms with Crippen molar-refractivity contribution in [1.29, 1.82) is 0 Å². The molecule has 1 aromatic carbocycles. The van der Waals surface area contributed by atoms with Crippen LogP contribution in [0.2, 0.25) is 0 Å². The number of benzene rings is 1. The van der Waals surface area contributed by atoms with Gasteiger partial charge in [0.15, 0.2) is 0 Å². The molecule has 0 radical (unpaired) electrons. The van der Waals surface area contributed by atoms with Crippen LogP contribution >= 0.6 is 0 Å². The number of pyridine rings is 1. The summed E-state index contributed by atoms with van der Waals surface area (Å²) >= 11 is 0. The van der Waals surface area contributed by atoms with Gasteiger partial charge >= 0.3 is 5.97 Å². The fourth-order valence-electron chi connectivity index (χ4n) is 3.52. The molecule has 2 aromatic rings. The number of aryl methyl sites for hydroxylation is 1. The van der Waals surface area contributed by atoms with E-state index in [0.29, 0.717) is 30.9 Å². The van der Waals surface area contributed by atoms with Crippen LogP contribution in [-0.4, -0.2) is 66.0 Å². The molecular weight excluding hydrogens is 414 g/mol. The third-order valence-corrected chi connectivity index (χ3v) is 5.24. The largest absolute Gasteiger partial charge is 0.462 e. The number of non-ortho nitro benzene ring substituents is 1. The Balaban J connectivity index is 1.55. The first-order valence-electron chi connectivity index (χ1n) is 10.5. The Kier molecular flexibility index (Phi) is 7.72. The van der Waals surface area contributed by atoms with E-state index in [-0.39, 0.29) is 18.1 Å². The monoisotopic (exact) mass is 441 g/mol. The molecule has 0 unspecified atom stereocenters. The van der Waals surface area contributed by atoms with Gasteiger partial charge in [0.1, 0.15) is 5.82 Å². The Labute approximate surface area is 186 Å². The van der Waals surface area contributed by atoms with Gasteiger partial charge in [-0.1, -0.05) is 6.07 Å². The van der Waals surface area contributed by atoms with E-state index in [4.69, 9.17) is 4.74 Å². The zero-order valence-electron chi connectivity index (χ0n) is 18.2. The van der Waals surface area contributed by atoms with Crippen molar-refractivity contribution >= 4 is 29.1 Å². The fourth-order valence-corrected chi connectivity index (χ4v) is 3.52. The summed E-state index contributed by atoms with van der Waals surface area (Å²) < 4.78 is 4.98. The Morgan fingerprint density at radius 2 is 2.00 bits per heavy atom. The van der Waals surface area contributed by atoms with Gasteiger partial charge in [0.25, 0.3) is 5.69 Å². The molecule has 0 bridgehead atoms. The second kappa shape index (κ2) is 10.7. The van der Waals surface area contributed by atoms with Crippen molar-refractivity contribution in [1.82, 2.24) is 9.88 Å². The second-order valence-electron chi connectivity index (χ2n) is 7.55. The van der Waals surface area contributed by atoms with E-state index in [1.807, 2.05) is 0 Å². The predicted molar refractivity (Wildman–Crippen MR) is 120 cm³/mol. The minimum Gasteiger partial charge on any atom is -0.462 e. The molecule has 32 heavy (non-hydrogen) atoms. The maximum atomic E-state index is 12.5. The number of hydrogen-bond donors (Lipinski definition) is 1. The van der Waals surface area contributed by atoms with Crippen LogP contribution in [-0.2, 0) is 9.53 Å². The number of carbonyl (C=O) groups excluding carboxylic acids is 2. The lowest BCUT2D eigenvalue weighted by molar-refractivity contribution is -0.384. The van der Waals surface area contributed by atoms with Gasteiger partial charge in [-0.3, -0.25) is 19.8 Å². The van der Waals surface area contributed by atoms with Crippen LogP contribution < -0.4 is 10.2 Å². The minimum atomic E-state index is -0.480. The van der Waals surface area contributed by atoms with Crippen molar-refractivity contribution in [2.24, 2.45) is 0 Å². The third-order valence-electron chi connectivity index (χ3n) is 5.24. The number of hydrogen-bond acceptors (Lipinski definition) is 8. The van der Waals surface area contributed by atoms with Gasteiger partial charge in [0.05, 0.1) is 29.3 Å². The highest BCUT2D eigenvalue weighted by Crippen LogP contribution is 2.22. The SMILES string of the molecule is CCOC(=O)c1ccc(N2CCCN(CC(=O)Nc3cc([N+](=O)[O-])ccc3C)CC2)nc1. The zero-order chi connectivity index (χ0) is 23.1. The zero-order valence-corrected chi connectivity index (χ0v) is 18.2. The molecule has 0 saturated carbocycles. The van der Waals surface area contributed by atoms with Crippen LogP contribution in [0.25, 0.3) is 0 Å². The highest BCUT2D eigenvalue weighted by atomic mass is 16.6. The second-order valence-corrected chi connectivity index (χ2v) is 7.55. The van der Waals surface area contributed by atoms with Crippen LogP contribution in [0.15, 0.2) is 36.5 Å². The van der Waals surface area contributed by atoms with Gasteiger partial charge in [0.2, 0.25) is 5.91 Å². The average molecular weight is 441 g/mol. The summed E-state index contributed by atoms with van der Waals surface area (Å²) in [6, 6.07) is 7.93. The van der Waals surface area contributed by atoms with Crippen LogP contribution in [0, 0.1) is 17.0 Å². The van der Waals surface area contributed by atoms with Crippen LogP contribution in [0.3, 0.4) is 0 Å². The van der Waals surface area contributed by atoms with Gasteiger partial charge in [-0.05, 0) is 38.0 Å². The van der Waals surface area contributed by atoms with Crippen molar-refractivity contribution < 1.29 is 19.2 Å². The molecule has 0 spiro atoms. The summed E-state index contributed by atoms with van der Waals surface area (Å²) in [4.78, 5) is 43.4. The van der Waals surface area contributed by atoms with Gasteiger partial charge < -0.3 is 15.0 Å². The van der Waals surface area contributed by atoms with Crippen molar-refractivity contribution in [3.63, 3.8) is 0 Å². The highest BCUT2D eigenvalue weighted by molar-refractivity contribution is 5.93. The molecule has 10 nitrogen and oxygen atoms in total. The molecule has 2 heterocycles. The van der Waals surface area contributed by atoms with E-state index < -0.39 is 10.9 Å². The van der Waals surface area contributed by atoms with E-state index in [1.54, 1.807) is 32.0 Å². The third kappa shape index (κ3) is 6.01. The molecule has 1 N–H and O–H groups in total. The number of nitro groups is 1. The van der Waals surface area contributed by atoms with Crippen LogP contribution in [0.4, 0.5) is 17.2 Å². The minimum absolute atomic E-state index is 0.0576. The van der Waals surface area contributed by atoms with Gasteiger partial charge in [-0.15, -0.1) is 0 Å². The molecule has 1 aliphatic rings. The average Bonchev–Trinajstić information content (AvgIpc) is 3.01. The van der Waals surface area contributed by atoms with Crippen molar-refractivity contribution in [3.05, 3.63) is 57.8 Å². The summed E-state index contributed by atoms with van der Waals surface area (Å²) in [5.74, 6) is 0.175. The van der Waals surface area contributed by atoms with Crippen molar-refractivity contribution in [2.45, 2.75) is 20.3 Å². The van der Waals surface area contributed by atoms with E-state index in [1.165, 1.54) is 18.3 Å². The summed E-state index contributed by atoms with van der Waals surface area (Å²) in [6.45, 7) is 6.96. The number of nitrogens with zero attached hydrogens (tertiary/aromatic N) is 4. The number of anilines is 2. The number of nitro benzene ring substituents is 1. The first-order valence-corrected chi connectivity index (χ1v) is 10.5. The van der Waals surface area contributed by atoms with Crippen LogP contribution in [0.1, 0.15) is 29.3 Å². The lowest BCUT2D eigenvalue weighted by atomic mass is 10.2. The molecule has 3 rings (SSSR count). The summed E-state index contributed by atoms with van der Waals surface area (Å²) in [5, 5.41) is 13.8. The topological polar surface area (TPSA) is 118 Å². The molecule has 1 fully saturated rings. The quantitative estimate of drug-likeness (QED) is 0.396. The lowest BCUT2D eigenvalue weighted by Crippen LogP contribution is -2.36. The predicted octanol–water partition coefficient (Wildman–Crippen LogP) is 2.63. The first-order chi connectivity index (χ1) is 15.4. The smallest absolute Gasteiger partial charge is 0.339 e. The van der Waals surface area contributed by atoms with Gasteiger partial charge in [0, 0.05) is 44.5 Å². The molecule has 1 aliphatic heterocycles. The Hall–Kier alpha value is -3.53. The number of aromatic nitrogens is 1. The van der Waals surface area contributed by atoms with E-state index in [2.05, 4.69) is 20.1 Å². The molecule has 170 valence electrons. The maximum absolute atomic E-state index is 12.5. The molecule has 1 aromatic heterocycles. The molecule has 0 aliphatic carbocycles. The number of ether oxygens (including phenoxy) is 1. The van der Waals surface area contributed by atoms with Gasteiger partial charge in [-0.2, -0.15) is 0 Å². The van der Waals surface area contributed by atoms with Gasteiger partial charge in [-0.25, -0.2) is 9.78 Å². The van der Waals surface area contributed by atoms with Crippen molar-refractivity contribution in [3.8, 4) is 0 Å². The highest BCUT2D eigenvalue weighted by Gasteiger charge is 2.19. The lowest BCUT2D eigenvalue weighted by Gasteiger charge is -2.22. The standard InChI is InChI=1S/C22H27N5O5/c1-3-32-22(29)17-6-8-20(23-14-17)26-10-4-9-25(11-12-26)15-21(28)24-19-13-18(27(30)31)7-5-16(19)2/h5-8,13-14H,3-4,9-12,15H2,1-2H3,(H,24,28). The molecule has 1 saturated heterocycles. The van der Waals surface area contributed by atoms with E-state index in [0.717, 1.165) is 30.9 Å². The number of carbonyl (C=O) groups is 2. The fraction of sp³-hybridized carbons (Fsp3) is 0.409. The summed E-state index contributed by atoms with van der Waals surface area (Å²) in [7, 11) is 0. The Morgan fingerprint density at radius 3 is 2.69 bits per heavy atom. The number of nitrogens with one attached hydrogen (secondary N) is 1. The summed E-state index contributed by atoms with van der Waals surface area (Å²) in [5.41, 5.74) is 1.58. The van der Waals surface area contributed by atoms with E-state index in [9.17, 15) is 19.7 Å². The molecule has 10 heteroatoms. The van der Waals surface area contributed by atoms with E-state index >= 15 is 0 Å².